The summed E-state index contributed by atoms with van der Waals surface area (Å²) in [4.78, 5) is 0. The van der Waals surface area contributed by atoms with Crippen molar-refractivity contribution in [3.8, 4) is 6.07 Å². The number of hydrogen-bond donors (Lipinski definition) is 1. The molecule has 2 aliphatic rings. The molecule has 0 aromatic rings. The highest BCUT2D eigenvalue weighted by Crippen LogP contribution is 2.55. The van der Waals surface area contributed by atoms with Gasteiger partial charge in [-0.2, -0.15) is 5.26 Å². The van der Waals surface area contributed by atoms with Gasteiger partial charge in [-0.1, -0.05) is 48.5 Å². The van der Waals surface area contributed by atoms with Gasteiger partial charge in [0.25, 0.3) is 0 Å². The fraction of sp³-hybridized carbons (Fsp3) is 0.941. The molecule has 0 aromatic carbocycles. The Kier molecular flexibility index (Phi) is 5.81. The summed E-state index contributed by atoms with van der Waals surface area (Å²) in [5, 5.41) is 19.4. The van der Waals surface area contributed by atoms with E-state index in [2.05, 4.69) is 47.6 Å². The summed E-state index contributed by atoms with van der Waals surface area (Å²) in [7, 11) is -2.61. The smallest absolute Gasteiger partial charge is 0.349 e. The van der Waals surface area contributed by atoms with Crippen molar-refractivity contribution in [3.05, 3.63) is 0 Å². The van der Waals surface area contributed by atoms with E-state index in [0.717, 1.165) is 0 Å². The van der Waals surface area contributed by atoms with Crippen LogP contribution in [0.5, 0.6) is 0 Å². The van der Waals surface area contributed by atoms with Crippen LogP contribution in [0.25, 0.3) is 0 Å². The SMILES string of the molecule is CC1[C@@H](O)[C@@H]2O[Si](C(C)(C)C)(C(C)(C)C)OCC2O[C@H]1SCC#N. The van der Waals surface area contributed by atoms with Crippen LogP contribution >= 0.6 is 11.8 Å². The molecule has 2 rings (SSSR count). The van der Waals surface area contributed by atoms with Crippen LogP contribution in [-0.4, -0.2) is 49.8 Å². The van der Waals surface area contributed by atoms with Gasteiger partial charge in [0.05, 0.1) is 24.5 Å². The van der Waals surface area contributed by atoms with E-state index in [1.807, 2.05) is 6.92 Å². The van der Waals surface area contributed by atoms with E-state index < -0.39 is 14.7 Å². The van der Waals surface area contributed by atoms with Gasteiger partial charge in [-0.15, -0.1) is 11.8 Å². The predicted molar refractivity (Wildman–Crippen MR) is 97.9 cm³/mol. The molecule has 24 heavy (non-hydrogen) atoms. The maximum Gasteiger partial charge on any atom is 0.349 e. The van der Waals surface area contributed by atoms with Gasteiger partial charge in [-0.3, -0.25) is 0 Å². The number of ether oxygens (including phenoxy) is 1. The quantitative estimate of drug-likeness (QED) is 0.748. The lowest BCUT2D eigenvalue weighted by Crippen LogP contribution is -2.69. The van der Waals surface area contributed by atoms with Gasteiger partial charge in [0.15, 0.2) is 0 Å². The Hall–Kier alpha value is -0.103. The van der Waals surface area contributed by atoms with Crippen LogP contribution < -0.4 is 0 Å². The molecule has 2 aliphatic heterocycles. The van der Waals surface area contributed by atoms with Gasteiger partial charge in [-0.05, 0) is 0 Å². The summed E-state index contributed by atoms with van der Waals surface area (Å²) < 4.78 is 19.1. The standard InChI is InChI=1S/C17H31NO4SSi/c1-11-13(19)14-12(21-15(11)23-9-8-18)10-20-24(22-14,16(2,3)4)17(5,6)7/h11-15,19H,9-10H2,1-7H3/t11?,12?,13-,14-,15+/m1/s1. The van der Waals surface area contributed by atoms with Crippen LogP contribution in [0, 0.1) is 17.2 Å². The first-order chi connectivity index (χ1) is 10.9. The molecule has 7 heteroatoms. The zero-order valence-electron chi connectivity index (χ0n) is 15.8. The van der Waals surface area contributed by atoms with Crippen LogP contribution in [0.15, 0.2) is 0 Å². The zero-order valence-corrected chi connectivity index (χ0v) is 17.6. The van der Waals surface area contributed by atoms with Crippen LogP contribution in [0.3, 0.4) is 0 Å². The number of aliphatic hydroxyl groups is 1. The van der Waals surface area contributed by atoms with Gasteiger partial charge >= 0.3 is 8.56 Å². The second-order valence-corrected chi connectivity index (χ2v) is 14.7. The van der Waals surface area contributed by atoms with Crippen molar-refractivity contribution in [2.75, 3.05) is 12.4 Å². The van der Waals surface area contributed by atoms with Crippen molar-refractivity contribution in [2.45, 2.75) is 82.3 Å². The molecule has 0 spiro atoms. The summed E-state index contributed by atoms with van der Waals surface area (Å²) in [5.74, 6) is 0.262. The monoisotopic (exact) mass is 373 g/mol. The molecule has 0 saturated carbocycles. The minimum Gasteiger partial charge on any atom is -0.391 e. The Balaban J connectivity index is 2.26. The maximum absolute atomic E-state index is 10.9. The van der Waals surface area contributed by atoms with Crippen LogP contribution in [0.1, 0.15) is 48.5 Å². The van der Waals surface area contributed by atoms with Gasteiger partial charge in [-0.25, -0.2) is 0 Å². The van der Waals surface area contributed by atoms with Crippen molar-refractivity contribution in [3.63, 3.8) is 0 Å². The predicted octanol–water partition coefficient (Wildman–Crippen LogP) is 3.42. The average molecular weight is 374 g/mol. The topological polar surface area (TPSA) is 71.7 Å². The number of fused-ring (bicyclic) bond motifs is 1. The summed E-state index contributed by atoms with van der Waals surface area (Å²) in [6.45, 7) is 15.4. The number of nitrogens with zero attached hydrogens (tertiary/aromatic N) is 1. The summed E-state index contributed by atoms with van der Waals surface area (Å²) in [6.07, 6.45) is -1.25. The highest BCUT2D eigenvalue weighted by Gasteiger charge is 2.64. The molecule has 0 aromatic heterocycles. The number of thioether (sulfide) groups is 1. The first-order valence-electron chi connectivity index (χ1n) is 8.58. The van der Waals surface area contributed by atoms with Gasteiger partial charge in [0.2, 0.25) is 0 Å². The summed E-state index contributed by atoms with van der Waals surface area (Å²) in [5.41, 5.74) is -0.202. The van der Waals surface area contributed by atoms with E-state index in [4.69, 9.17) is 18.9 Å². The molecule has 5 nitrogen and oxygen atoms in total. The molecule has 0 amide bonds. The molecule has 2 heterocycles. The normalized spacial score (nSPS) is 36.7. The highest BCUT2D eigenvalue weighted by molar-refractivity contribution is 7.99. The van der Waals surface area contributed by atoms with Gasteiger partial charge in [0.1, 0.15) is 17.6 Å². The van der Waals surface area contributed by atoms with Gasteiger partial charge < -0.3 is 18.7 Å². The van der Waals surface area contributed by atoms with E-state index in [-0.39, 0.29) is 33.6 Å². The molecule has 2 fully saturated rings. The lowest BCUT2D eigenvalue weighted by Gasteiger charge is -2.57. The molecule has 1 N–H and O–H groups in total. The molecule has 2 unspecified atom stereocenters. The molecular formula is C17H31NO4SSi. The van der Waals surface area contributed by atoms with E-state index in [0.29, 0.717) is 12.4 Å². The molecule has 0 aliphatic carbocycles. The number of rotatable bonds is 2. The third-order valence-corrected chi connectivity index (χ3v) is 11.3. The van der Waals surface area contributed by atoms with E-state index in [1.165, 1.54) is 11.8 Å². The molecular weight excluding hydrogens is 342 g/mol. The van der Waals surface area contributed by atoms with Gasteiger partial charge in [0, 0.05) is 16.0 Å². The second kappa shape index (κ2) is 6.90. The Labute approximate surface area is 151 Å². The summed E-state index contributed by atoms with van der Waals surface area (Å²) >= 11 is 1.43. The minimum absolute atomic E-state index is 0.0886. The van der Waals surface area contributed by atoms with Crippen LogP contribution in [-0.2, 0) is 13.6 Å². The Morgan fingerprint density at radius 1 is 1.21 bits per heavy atom. The van der Waals surface area contributed by atoms with Crippen molar-refractivity contribution in [2.24, 2.45) is 5.92 Å². The average Bonchev–Trinajstić information content (AvgIpc) is 2.46. The summed E-state index contributed by atoms with van der Waals surface area (Å²) in [6, 6.07) is 2.12. The number of aliphatic hydroxyl groups excluding tert-OH is 1. The Morgan fingerprint density at radius 3 is 2.29 bits per heavy atom. The van der Waals surface area contributed by atoms with E-state index >= 15 is 0 Å². The fourth-order valence-corrected chi connectivity index (χ4v) is 9.87. The van der Waals surface area contributed by atoms with Crippen LogP contribution in [0.4, 0.5) is 0 Å². The first-order valence-corrected chi connectivity index (χ1v) is 11.4. The Morgan fingerprint density at radius 2 is 1.79 bits per heavy atom. The molecule has 138 valence electrons. The first kappa shape index (κ1) is 20.2. The Bertz CT molecular complexity index is 480. The number of hydrogen-bond acceptors (Lipinski definition) is 6. The molecule has 2 saturated heterocycles. The lowest BCUT2D eigenvalue weighted by molar-refractivity contribution is -0.203. The van der Waals surface area contributed by atoms with Crippen molar-refractivity contribution < 1.29 is 18.7 Å². The third kappa shape index (κ3) is 3.42. The molecule has 0 radical (unpaired) electrons. The number of nitriles is 1. The van der Waals surface area contributed by atoms with E-state index in [1.54, 1.807) is 0 Å². The zero-order chi connectivity index (χ0) is 18.3. The minimum atomic E-state index is -2.61. The third-order valence-electron chi connectivity index (χ3n) is 5.02. The maximum atomic E-state index is 10.9. The second-order valence-electron chi connectivity index (χ2n) is 8.87. The van der Waals surface area contributed by atoms with Crippen molar-refractivity contribution in [1.29, 1.82) is 5.26 Å². The van der Waals surface area contributed by atoms with Crippen molar-refractivity contribution >= 4 is 20.3 Å². The molecule has 5 atom stereocenters. The highest BCUT2D eigenvalue weighted by atomic mass is 32.2. The largest absolute Gasteiger partial charge is 0.391 e. The fourth-order valence-electron chi connectivity index (χ4n) is 3.98. The molecule has 0 bridgehead atoms. The van der Waals surface area contributed by atoms with Crippen LogP contribution in [0.2, 0.25) is 10.1 Å². The lowest BCUT2D eigenvalue weighted by atomic mass is 9.94. The van der Waals surface area contributed by atoms with E-state index in [9.17, 15) is 5.11 Å². The van der Waals surface area contributed by atoms with Crippen molar-refractivity contribution in [1.82, 2.24) is 0 Å².